The Morgan fingerprint density at radius 1 is 0.295 bits per heavy atom. The van der Waals surface area contributed by atoms with E-state index in [0.29, 0.717) is 17.5 Å². The van der Waals surface area contributed by atoms with Gasteiger partial charge < -0.3 is 4.42 Å². The first-order valence-electron chi connectivity index (χ1n) is 20.3. The minimum atomic E-state index is 0.561. The van der Waals surface area contributed by atoms with E-state index in [-0.39, 0.29) is 0 Å². The molecule has 0 bridgehead atoms. The molecule has 0 radical (unpaired) electrons. The highest BCUT2D eigenvalue weighted by molar-refractivity contribution is 6.15. The Morgan fingerprint density at radius 2 is 0.803 bits per heavy atom. The molecular formula is C55H33N5O. The molecule has 0 spiro atoms. The summed E-state index contributed by atoms with van der Waals surface area (Å²) in [5.74, 6) is 1.71. The van der Waals surface area contributed by atoms with E-state index in [1.54, 1.807) is 0 Å². The van der Waals surface area contributed by atoms with Crippen LogP contribution in [0.4, 0.5) is 0 Å². The molecule has 6 nitrogen and oxygen atoms in total. The fourth-order valence-corrected chi connectivity index (χ4v) is 8.59. The molecular weight excluding hydrogens is 747 g/mol. The van der Waals surface area contributed by atoms with E-state index in [9.17, 15) is 0 Å². The third kappa shape index (κ3) is 6.00. The average molecular weight is 780 g/mol. The lowest BCUT2D eigenvalue weighted by Crippen LogP contribution is -2.01. The maximum absolute atomic E-state index is 6.51. The molecule has 0 N–H and O–H groups in total. The van der Waals surface area contributed by atoms with Crippen molar-refractivity contribution < 1.29 is 4.42 Å². The van der Waals surface area contributed by atoms with Crippen molar-refractivity contribution in [1.29, 1.82) is 0 Å². The number of aromatic nitrogens is 5. The van der Waals surface area contributed by atoms with Crippen molar-refractivity contribution in [2.75, 3.05) is 0 Å². The summed E-state index contributed by atoms with van der Waals surface area (Å²) in [5.41, 5.74) is 11.8. The molecule has 0 saturated heterocycles. The Hall–Kier alpha value is -8.35. The minimum absolute atomic E-state index is 0.561. The molecule has 0 amide bonds. The Labute approximate surface area is 350 Å². The number of rotatable bonds is 6. The SMILES string of the molecule is c1ccc(-c2nc3ccccc3nc2-c2ccc(-c3nc(-c4cccc5c(-c6ccccc6)cccc45)nc(-c4cccc5oc6cc7ccccc7cc6c45)n3)cc2)cc1. The summed E-state index contributed by atoms with van der Waals surface area (Å²) < 4.78 is 6.51. The van der Waals surface area contributed by atoms with Gasteiger partial charge in [0.2, 0.25) is 0 Å². The van der Waals surface area contributed by atoms with E-state index in [4.69, 9.17) is 29.3 Å². The summed E-state index contributed by atoms with van der Waals surface area (Å²) >= 11 is 0. The topological polar surface area (TPSA) is 77.6 Å². The second-order valence-electron chi connectivity index (χ2n) is 15.2. The summed E-state index contributed by atoms with van der Waals surface area (Å²) in [6.07, 6.45) is 0. The number of furan rings is 1. The van der Waals surface area contributed by atoms with E-state index in [0.717, 1.165) is 105 Å². The van der Waals surface area contributed by atoms with Crippen LogP contribution >= 0.6 is 0 Å². The van der Waals surface area contributed by atoms with Crippen molar-refractivity contribution in [3.63, 3.8) is 0 Å². The highest BCUT2D eigenvalue weighted by Gasteiger charge is 2.20. The summed E-state index contributed by atoms with van der Waals surface area (Å²) in [5, 5.41) is 6.43. The monoisotopic (exact) mass is 779 g/mol. The van der Waals surface area contributed by atoms with Gasteiger partial charge in [-0.2, -0.15) is 0 Å². The van der Waals surface area contributed by atoms with Crippen LogP contribution in [0.15, 0.2) is 205 Å². The van der Waals surface area contributed by atoms with E-state index < -0.39 is 0 Å². The van der Waals surface area contributed by atoms with Crippen molar-refractivity contribution in [3.8, 4) is 67.8 Å². The van der Waals surface area contributed by atoms with Gasteiger partial charge in [0.15, 0.2) is 17.5 Å². The summed E-state index contributed by atoms with van der Waals surface area (Å²) in [7, 11) is 0. The molecule has 0 aliphatic carbocycles. The smallest absolute Gasteiger partial charge is 0.164 e. The highest BCUT2D eigenvalue weighted by atomic mass is 16.3. The largest absolute Gasteiger partial charge is 0.456 e. The van der Waals surface area contributed by atoms with Crippen LogP contribution in [0, 0.1) is 0 Å². The van der Waals surface area contributed by atoms with E-state index in [1.807, 2.05) is 60.7 Å². The van der Waals surface area contributed by atoms with Gasteiger partial charge in [-0.15, -0.1) is 0 Å². The molecule has 9 aromatic carbocycles. The van der Waals surface area contributed by atoms with Crippen molar-refractivity contribution in [1.82, 2.24) is 24.9 Å². The number of nitrogens with zero attached hydrogens (tertiary/aromatic N) is 5. The Morgan fingerprint density at radius 3 is 1.51 bits per heavy atom. The van der Waals surface area contributed by atoms with Crippen LogP contribution in [0.3, 0.4) is 0 Å². The number of hydrogen-bond donors (Lipinski definition) is 0. The van der Waals surface area contributed by atoms with Crippen LogP contribution in [-0.4, -0.2) is 24.9 Å². The fourth-order valence-electron chi connectivity index (χ4n) is 8.59. The molecule has 61 heavy (non-hydrogen) atoms. The molecule has 0 aliphatic rings. The zero-order valence-electron chi connectivity index (χ0n) is 32.7. The number of para-hydroxylation sites is 2. The van der Waals surface area contributed by atoms with Gasteiger partial charge in [-0.25, -0.2) is 24.9 Å². The second-order valence-corrected chi connectivity index (χ2v) is 15.2. The standard InChI is InChI=1S/C55H33N5O/c1-3-14-34(15-4-1)40-20-11-22-42-41(40)21-12-23-43(42)54-58-53(59-55(60-54)44-24-13-27-48-50(44)45-32-38-18-7-8-19-39(38)33-49(45)61-48)37-30-28-36(29-31-37)52-51(35-16-5-2-6-17-35)56-46-25-9-10-26-47(46)57-52/h1-33H. The van der Waals surface area contributed by atoms with Gasteiger partial charge in [0, 0.05) is 38.6 Å². The zero-order chi connectivity index (χ0) is 40.3. The van der Waals surface area contributed by atoms with Gasteiger partial charge >= 0.3 is 0 Å². The first-order valence-corrected chi connectivity index (χ1v) is 20.3. The fraction of sp³-hybridized carbons (Fsp3) is 0. The Balaban J connectivity index is 1.06. The van der Waals surface area contributed by atoms with Gasteiger partial charge in [-0.1, -0.05) is 170 Å². The molecule has 0 fully saturated rings. The third-order valence-corrected chi connectivity index (χ3v) is 11.5. The maximum atomic E-state index is 6.51. The Kier molecular flexibility index (Phi) is 8.06. The lowest BCUT2D eigenvalue weighted by atomic mass is 9.95. The predicted molar refractivity (Wildman–Crippen MR) is 248 cm³/mol. The molecule has 3 aromatic heterocycles. The molecule has 0 aliphatic heterocycles. The molecule has 6 heteroatoms. The number of fused-ring (bicyclic) bond motifs is 6. The van der Waals surface area contributed by atoms with Crippen LogP contribution < -0.4 is 0 Å². The van der Waals surface area contributed by atoms with Gasteiger partial charge in [0.05, 0.1) is 22.4 Å². The van der Waals surface area contributed by atoms with Crippen molar-refractivity contribution in [2.24, 2.45) is 0 Å². The molecule has 0 unspecified atom stereocenters. The first-order chi connectivity index (χ1) is 30.2. The molecule has 3 heterocycles. The zero-order valence-corrected chi connectivity index (χ0v) is 32.7. The quantitative estimate of drug-likeness (QED) is 0.167. The normalized spacial score (nSPS) is 11.6. The highest BCUT2D eigenvalue weighted by Crippen LogP contribution is 2.40. The van der Waals surface area contributed by atoms with E-state index in [2.05, 4.69) is 140 Å². The Bertz CT molecular complexity index is 3640. The molecule has 0 saturated carbocycles. The lowest BCUT2D eigenvalue weighted by Gasteiger charge is -2.13. The summed E-state index contributed by atoms with van der Waals surface area (Å²) in [6, 6.07) is 68.6. The first kappa shape index (κ1) is 34.7. The molecule has 12 rings (SSSR count). The van der Waals surface area contributed by atoms with Crippen molar-refractivity contribution >= 4 is 54.5 Å². The maximum Gasteiger partial charge on any atom is 0.164 e. The molecule has 12 aromatic rings. The number of hydrogen-bond acceptors (Lipinski definition) is 6. The van der Waals surface area contributed by atoms with Crippen LogP contribution in [-0.2, 0) is 0 Å². The van der Waals surface area contributed by atoms with Crippen LogP contribution in [0.2, 0.25) is 0 Å². The summed E-state index contributed by atoms with van der Waals surface area (Å²) in [4.78, 5) is 26.1. The van der Waals surface area contributed by atoms with Crippen molar-refractivity contribution in [3.05, 3.63) is 200 Å². The van der Waals surface area contributed by atoms with E-state index >= 15 is 0 Å². The van der Waals surface area contributed by atoms with Gasteiger partial charge in [0.25, 0.3) is 0 Å². The van der Waals surface area contributed by atoms with Crippen LogP contribution in [0.5, 0.6) is 0 Å². The summed E-state index contributed by atoms with van der Waals surface area (Å²) in [6.45, 7) is 0. The van der Waals surface area contributed by atoms with Crippen molar-refractivity contribution in [2.45, 2.75) is 0 Å². The number of benzene rings is 9. The molecule has 284 valence electrons. The van der Waals surface area contributed by atoms with Gasteiger partial charge in [0.1, 0.15) is 11.2 Å². The third-order valence-electron chi connectivity index (χ3n) is 11.5. The minimum Gasteiger partial charge on any atom is -0.456 e. The predicted octanol–water partition coefficient (Wildman–Crippen LogP) is 14.0. The van der Waals surface area contributed by atoms with Crippen LogP contribution in [0.25, 0.3) is 122 Å². The average Bonchev–Trinajstić information content (AvgIpc) is 3.70. The van der Waals surface area contributed by atoms with E-state index in [1.165, 1.54) is 0 Å². The molecule has 0 atom stereocenters. The van der Waals surface area contributed by atoms with Gasteiger partial charge in [-0.05, 0) is 63.0 Å². The second kappa shape index (κ2) is 14.2. The van der Waals surface area contributed by atoms with Crippen LogP contribution in [0.1, 0.15) is 0 Å². The lowest BCUT2D eigenvalue weighted by molar-refractivity contribution is 0.669. The van der Waals surface area contributed by atoms with Gasteiger partial charge in [-0.3, -0.25) is 0 Å².